The molecule has 0 N–H and O–H groups in total. The molecule has 0 bridgehead atoms. The van der Waals surface area contributed by atoms with Crippen molar-refractivity contribution in [3.63, 3.8) is 0 Å². The summed E-state index contributed by atoms with van der Waals surface area (Å²) < 4.78 is 32.3. The number of nitrogens with zero attached hydrogens (tertiary/aromatic N) is 4. The summed E-state index contributed by atoms with van der Waals surface area (Å²) in [6, 6.07) is 9.69. The zero-order valence-electron chi connectivity index (χ0n) is 14.2. The first-order chi connectivity index (χ1) is 13.4. The van der Waals surface area contributed by atoms with Crippen LogP contribution in [-0.2, 0) is 9.84 Å². The van der Waals surface area contributed by atoms with E-state index in [0.29, 0.717) is 16.1 Å². The lowest BCUT2D eigenvalue weighted by molar-refractivity contribution is 0.474. The van der Waals surface area contributed by atoms with Crippen LogP contribution in [0.1, 0.15) is 6.04 Å². The highest BCUT2D eigenvalue weighted by molar-refractivity contribution is 14.1. The first-order valence-corrected chi connectivity index (χ1v) is 12.0. The van der Waals surface area contributed by atoms with E-state index in [2.05, 4.69) is 48.5 Å². The molecule has 1 aromatic carbocycles. The lowest BCUT2D eigenvalue weighted by Crippen LogP contribution is -2.38. The van der Waals surface area contributed by atoms with Crippen molar-refractivity contribution in [3.05, 3.63) is 51.1 Å². The van der Waals surface area contributed by atoms with Crippen LogP contribution in [0.3, 0.4) is 0 Å². The molecule has 1 aliphatic rings. The Hall–Kier alpha value is -1.79. The molecule has 1 saturated heterocycles. The second-order valence-corrected chi connectivity index (χ2v) is 10.8. The van der Waals surface area contributed by atoms with Crippen LogP contribution in [0.25, 0.3) is 33.6 Å². The molecule has 0 atom stereocenters. The van der Waals surface area contributed by atoms with Crippen molar-refractivity contribution < 1.29 is 12.8 Å². The number of halogens is 2. The van der Waals surface area contributed by atoms with Crippen LogP contribution in [0.15, 0.2) is 51.9 Å². The van der Waals surface area contributed by atoms with Gasteiger partial charge in [-0.25, -0.2) is 18.4 Å². The summed E-state index contributed by atoms with van der Waals surface area (Å²) in [7, 11) is -2.96. The minimum absolute atomic E-state index is 0.108. The van der Waals surface area contributed by atoms with E-state index >= 15 is 0 Å². The quantitative estimate of drug-likeness (QED) is 0.345. The van der Waals surface area contributed by atoms with Gasteiger partial charge in [0, 0.05) is 27.0 Å². The highest BCUT2D eigenvalue weighted by Gasteiger charge is 2.36. The molecule has 0 saturated carbocycles. The molecule has 0 amide bonds. The van der Waals surface area contributed by atoms with Crippen molar-refractivity contribution in [2.24, 2.45) is 0 Å². The topological polar surface area (TPSA) is 90.9 Å². The van der Waals surface area contributed by atoms with Crippen LogP contribution in [0.4, 0.5) is 0 Å². The SMILES string of the molecule is O=S1(=O)CC(n2cc(-c3ncnc4oc(Br)cc34)c(-c3ccc(I)cc3)n2)C1. The van der Waals surface area contributed by atoms with Gasteiger partial charge in [0.1, 0.15) is 12.0 Å². The predicted octanol–water partition coefficient (Wildman–Crippen LogP) is 4.09. The number of sulfone groups is 1. The molecular formula is C18H12BrIN4O3S. The van der Waals surface area contributed by atoms with E-state index in [0.717, 1.165) is 25.8 Å². The van der Waals surface area contributed by atoms with E-state index in [1.165, 1.54) is 6.33 Å². The molecule has 4 heterocycles. The zero-order chi connectivity index (χ0) is 19.5. The van der Waals surface area contributed by atoms with Crippen molar-refractivity contribution in [1.82, 2.24) is 19.7 Å². The Balaban J connectivity index is 1.71. The third kappa shape index (κ3) is 3.16. The summed E-state index contributed by atoms with van der Waals surface area (Å²) in [5.41, 5.74) is 3.67. The van der Waals surface area contributed by atoms with Gasteiger partial charge in [-0.05, 0) is 50.7 Å². The van der Waals surface area contributed by atoms with Crippen LogP contribution in [0, 0.1) is 3.57 Å². The number of aromatic nitrogens is 4. The molecule has 0 radical (unpaired) electrons. The summed E-state index contributed by atoms with van der Waals surface area (Å²) in [5.74, 6) is 0.216. The smallest absolute Gasteiger partial charge is 0.231 e. The molecule has 0 aliphatic carbocycles. The van der Waals surface area contributed by atoms with Crippen LogP contribution in [0.5, 0.6) is 0 Å². The minimum Gasteiger partial charge on any atom is -0.431 e. The van der Waals surface area contributed by atoms with E-state index in [1.807, 2.05) is 36.5 Å². The third-order valence-corrected chi connectivity index (χ3v) is 7.57. The molecule has 10 heteroatoms. The number of hydrogen-bond donors (Lipinski definition) is 0. The Morgan fingerprint density at radius 3 is 2.61 bits per heavy atom. The number of hydrogen-bond acceptors (Lipinski definition) is 6. The van der Waals surface area contributed by atoms with Gasteiger partial charge in [0.25, 0.3) is 0 Å². The largest absolute Gasteiger partial charge is 0.431 e. The number of rotatable bonds is 3. The van der Waals surface area contributed by atoms with Crippen LogP contribution < -0.4 is 0 Å². The highest BCUT2D eigenvalue weighted by Crippen LogP contribution is 2.37. The molecular weight excluding hydrogens is 559 g/mol. The van der Waals surface area contributed by atoms with Crippen LogP contribution in [0.2, 0.25) is 0 Å². The monoisotopic (exact) mass is 570 g/mol. The van der Waals surface area contributed by atoms with E-state index in [-0.39, 0.29) is 17.5 Å². The standard InChI is InChI=1S/C18H12BrIN4O3S/c19-15-5-13-17(21-9-22-18(13)27-15)14-6-24(12-7-28(25,26)8-12)23-16(14)10-1-3-11(20)4-2-10/h1-6,9,12H,7-8H2. The van der Waals surface area contributed by atoms with Gasteiger partial charge >= 0.3 is 0 Å². The van der Waals surface area contributed by atoms with E-state index in [9.17, 15) is 8.42 Å². The highest BCUT2D eigenvalue weighted by atomic mass is 127. The van der Waals surface area contributed by atoms with Crippen molar-refractivity contribution >= 4 is 59.5 Å². The van der Waals surface area contributed by atoms with Gasteiger partial charge in [-0.1, -0.05) is 12.1 Å². The Morgan fingerprint density at radius 1 is 1.14 bits per heavy atom. The molecule has 0 spiro atoms. The maximum Gasteiger partial charge on any atom is 0.231 e. The van der Waals surface area contributed by atoms with Crippen molar-refractivity contribution in [2.75, 3.05) is 11.5 Å². The lowest BCUT2D eigenvalue weighted by Gasteiger charge is -2.25. The zero-order valence-corrected chi connectivity index (χ0v) is 18.8. The van der Waals surface area contributed by atoms with E-state index in [4.69, 9.17) is 9.52 Å². The summed E-state index contributed by atoms with van der Waals surface area (Å²) in [6.07, 6.45) is 3.33. The summed E-state index contributed by atoms with van der Waals surface area (Å²) in [5, 5.41) is 5.50. The van der Waals surface area contributed by atoms with Gasteiger partial charge in [0.05, 0.1) is 28.6 Å². The van der Waals surface area contributed by atoms with E-state index < -0.39 is 9.84 Å². The van der Waals surface area contributed by atoms with Gasteiger partial charge in [-0.3, -0.25) is 4.68 Å². The van der Waals surface area contributed by atoms with Crippen molar-refractivity contribution in [3.8, 4) is 22.5 Å². The average Bonchev–Trinajstić information content (AvgIpc) is 3.22. The number of furan rings is 1. The summed E-state index contributed by atoms with van der Waals surface area (Å²) in [6.45, 7) is 0. The molecule has 28 heavy (non-hydrogen) atoms. The number of benzene rings is 1. The molecule has 3 aromatic heterocycles. The molecule has 142 valence electrons. The fourth-order valence-electron chi connectivity index (χ4n) is 3.30. The maximum atomic E-state index is 11.6. The van der Waals surface area contributed by atoms with Gasteiger partial charge in [0.15, 0.2) is 14.5 Å². The average molecular weight is 571 g/mol. The first kappa shape index (κ1) is 18.3. The van der Waals surface area contributed by atoms with Gasteiger partial charge < -0.3 is 4.42 Å². The summed E-state index contributed by atoms with van der Waals surface area (Å²) >= 11 is 5.60. The summed E-state index contributed by atoms with van der Waals surface area (Å²) in [4.78, 5) is 8.65. The predicted molar refractivity (Wildman–Crippen MR) is 117 cm³/mol. The minimum atomic E-state index is -2.96. The molecule has 5 rings (SSSR count). The Morgan fingerprint density at radius 2 is 1.89 bits per heavy atom. The first-order valence-electron chi connectivity index (χ1n) is 8.35. The Labute approximate surface area is 182 Å². The van der Waals surface area contributed by atoms with Gasteiger partial charge in [-0.15, -0.1) is 0 Å². The van der Waals surface area contributed by atoms with Crippen molar-refractivity contribution in [1.29, 1.82) is 0 Å². The molecule has 7 nitrogen and oxygen atoms in total. The van der Waals surface area contributed by atoms with Gasteiger partial charge in [0.2, 0.25) is 5.71 Å². The van der Waals surface area contributed by atoms with Crippen LogP contribution in [-0.4, -0.2) is 39.7 Å². The lowest BCUT2D eigenvalue weighted by atomic mass is 10.0. The molecule has 4 aromatic rings. The normalized spacial score (nSPS) is 16.4. The van der Waals surface area contributed by atoms with Crippen molar-refractivity contribution in [2.45, 2.75) is 6.04 Å². The Kier molecular flexibility index (Phi) is 4.32. The second kappa shape index (κ2) is 6.63. The van der Waals surface area contributed by atoms with Gasteiger partial charge in [-0.2, -0.15) is 5.10 Å². The van der Waals surface area contributed by atoms with E-state index in [1.54, 1.807) is 4.68 Å². The fraction of sp³-hybridized carbons (Fsp3) is 0.167. The fourth-order valence-corrected chi connectivity index (χ4v) is 5.43. The van der Waals surface area contributed by atoms with Crippen LogP contribution >= 0.6 is 38.5 Å². The molecule has 1 fully saturated rings. The Bertz CT molecular complexity index is 1300. The third-order valence-electron chi connectivity index (χ3n) is 4.67. The molecule has 1 aliphatic heterocycles. The number of fused-ring (bicyclic) bond motifs is 1. The maximum absolute atomic E-state index is 11.6. The second-order valence-electron chi connectivity index (χ2n) is 6.60. The molecule has 0 unspecified atom stereocenters.